The number of hydrogen-bond donors (Lipinski definition) is 2. The van der Waals surface area contributed by atoms with Crippen LogP contribution < -0.4 is 0 Å². The van der Waals surface area contributed by atoms with Crippen LogP contribution in [0.5, 0.6) is 0 Å². The Morgan fingerprint density at radius 1 is 1.47 bits per heavy atom. The zero-order valence-electron chi connectivity index (χ0n) is 9.20. The Labute approximate surface area is 103 Å². The standard InChI is InChI=1S/C10H13O5PS/c1-8-4-2-3-5-9(8)17-16(13,14)15-7-6-10(11)12/h2-5H,6-7H2,1H3,(H,11,12)(H,13,14). The molecule has 1 aromatic rings. The van der Waals surface area contributed by atoms with Crippen LogP contribution in [-0.2, 0) is 13.9 Å². The molecule has 0 aliphatic carbocycles. The van der Waals surface area contributed by atoms with Crippen molar-refractivity contribution in [3.63, 3.8) is 0 Å². The van der Waals surface area contributed by atoms with Crippen LogP contribution >= 0.6 is 18.2 Å². The molecule has 0 aromatic heterocycles. The summed E-state index contributed by atoms with van der Waals surface area (Å²) in [5.74, 6) is -1.06. The van der Waals surface area contributed by atoms with E-state index in [1.54, 1.807) is 12.1 Å². The van der Waals surface area contributed by atoms with Crippen molar-refractivity contribution in [1.82, 2.24) is 0 Å². The fourth-order valence-electron chi connectivity index (χ4n) is 1.06. The predicted molar refractivity (Wildman–Crippen MR) is 65.1 cm³/mol. The van der Waals surface area contributed by atoms with Crippen molar-refractivity contribution in [3.8, 4) is 0 Å². The molecule has 0 spiro atoms. The third kappa shape index (κ3) is 5.37. The van der Waals surface area contributed by atoms with Crippen LogP contribution in [0.2, 0.25) is 0 Å². The van der Waals surface area contributed by atoms with E-state index in [-0.39, 0.29) is 13.0 Å². The Bertz CT molecular complexity index is 448. The fourth-order valence-corrected chi connectivity index (χ4v) is 3.77. The lowest BCUT2D eigenvalue weighted by Gasteiger charge is -2.11. The van der Waals surface area contributed by atoms with Crippen LogP contribution in [0.1, 0.15) is 12.0 Å². The maximum absolute atomic E-state index is 11.6. The quantitative estimate of drug-likeness (QED) is 0.777. The second kappa shape index (κ2) is 6.21. The molecule has 1 aromatic carbocycles. The molecule has 94 valence electrons. The highest BCUT2D eigenvalue weighted by atomic mass is 32.7. The molecule has 0 saturated carbocycles. The monoisotopic (exact) mass is 276 g/mol. The summed E-state index contributed by atoms with van der Waals surface area (Å²) in [5.41, 5.74) is 0.869. The highest BCUT2D eigenvalue weighted by Crippen LogP contribution is 2.59. The van der Waals surface area contributed by atoms with Gasteiger partial charge in [-0.15, -0.1) is 0 Å². The van der Waals surface area contributed by atoms with Crippen LogP contribution in [0.4, 0.5) is 0 Å². The Morgan fingerprint density at radius 3 is 2.71 bits per heavy atom. The van der Waals surface area contributed by atoms with Gasteiger partial charge in [0.05, 0.1) is 13.0 Å². The van der Waals surface area contributed by atoms with Crippen molar-refractivity contribution in [2.45, 2.75) is 18.2 Å². The number of rotatable bonds is 6. The Kier molecular flexibility index (Phi) is 5.21. The Morgan fingerprint density at radius 2 is 2.12 bits per heavy atom. The molecule has 0 amide bonds. The predicted octanol–water partition coefficient (Wildman–Crippen LogP) is 2.68. The van der Waals surface area contributed by atoms with Gasteiger partial charge in [-0.2, -0.15) is 0 Å². The van der Waals surface area contributed by atoms with Gasteiger partial charge in [-0.05, 0) is 29.9 Å². The summed E-state index contributed by atoms with van der Waals surface area (Å²) in [5, 5.41) is 8.39. The molecule has 0 aliphatic rings. The van der Waals surface area contributed by atoms with E-state index in [1.807, 2.05) is 19.1 Å². The fraction of sp³-hybridized carbons (Fsp3) is 0.300. The molecule has 0 fully saturated rings. The number of carboxylic acid groups (broad SMARTS) is 1. The van der Waals surface area contributed by atoms with Gasteiger partial charge in [-0.1, -0.05) is 18.2 Å². The van der Waals surface area contributed by atoms with E-state index in [0.717, 1.165) is 16.9 Å². The molecule has 17 heavy (non-hydrogen) atoms. The highest BCUT2D eigenvalue weighted by Gasteiger charge is 2.22. The van der Waals surface area contributed by atoms with E-state index >= 15 is 0 Å². The highest BCUT2D eigenvalue weighted by molar-refractivity contribution is 8.54. The van der Waals surface area contributed by atoms with Crippen molar-refractivity contribution in [3.05, 3.63) is 29.8 Å². The minimum Gasteiger partial charge on any atom is -0.481 e. The first kappa shape index (κ1) is 14.3. The van der Waals surface area contributed by atoms with Crippen molar-refractivity contribution in [1.29, 1.82) is 0 Å². The van der Waals surface area contributed by atoms with E-state index in [2.05, 4.69) is 0 Å². The zero-order valence-corrected chi connectivity index (χ0v) is 10.9. The van der Waals surface area contributed by atoms with Crippen LogP contribution in [-0.4, -0.2) is 22.6 Å². The molecule has 0 bridgehead atoms. The summed E-state index contributed by atoms with van der Waals surface area (Å²) >= 11 is 0.720. The molecule has 0 radical (unpaired) electrons. The topological polar surface area (TPSA) is 83.8 Å². The summed E-state index contributed by atoms with van der Waals surface area (Å²) in [4.78, 5) is 20.4. The second-order valence-electron chi connectivity index (χ2n) is 3.30. The van der Waals surface area contributed by atoms with Gasteiger partial charge in [-0.3, -0.25) is 4.79 Å². The molecule has 5 nitrogen and oxygen atoms in total. The van der Waals surface area contributed by atoms with E-state index < -0.39 is 12.8 Å². The van der Waals surface area contributed by atoms with E-state index in [0.29, 0.717) is 4.90 Å². The van der Waals surface area contributed by atoms with Gasteiger partial charge >= 0.3 is 12.8 Å². The summed E-state index contributed by atoms with van der Waals surface area (Å²) in [6.45, 7) is -2.30. The van der Waals surface area contributed by atoms with Crippen molar-refractivity contribution < 1.29 is 23.9 Å². The molecule has 1 atom stereocenters. The first-order valence-corrected chi connectivity index (χ1v) is 7.85. The third-order valence-corrected chi connectivity index (χ3v) is 4.87. The number of carbonyl (C=O) groups is 1. The van der Waals surface area contributed by atoms with E-state index in [1.165, 1.54) is 0 Å². The SMILES string of the molecule is Cc1ccccc1SP(=O)(O)OCCC(=O)O. The van der Waals surface area contributed by atoms with Crippen molar-refractivity contribution in [2.24, 2.45) is 0 Å². The minimum absolute atomic E-state index is 0.276. The average Bonchev–Trinajstić information content (AvgIpc) is 2.20. The third-order valence-electron chi connectivity index (χ3n) is 1.88. The van der Waals surface area contributed by atoms with Crippen LogP contribution in [0.3, 0.4) is 0 Å². The Balaban J connectivity index is 2.57. The van der Waals surface area contributed by atoms with Crippen molar-refractivity contribution >= 4 is 24.1 Å². The number of benzene rings is 1. The van der Waals surface area contributed by atoms with Crippen molar-refractivity contribution in [2.75, 3.05) is 6.61 Å². The Hall–Kier alpha value is -0.810. The molecular weight excluding hydrogens is 263 g/mol. The maximum atomic E-state index is 11.6. The second-order valence-corrected chi connectivity index (χ2v) is 7.05. The van der Waals surface area contributed by atoms with Gasteiger partial charge in [0.15, 0.2) is 0 Å². The molecule has 7 heteroatoms. The van der Waals surface area contributed by atoms with E-state index in [9.17, 15) is 14.3 Å². The molecular formula is C10H13O5PS. The lowest BCUT2D eigenvalue weighted by atomic mass is 10.2. The lowest BCUT2D eigenvalue weighted by Crippen LogP contribution is -2.00. The minimum atomic E-state index is -3.84. The first-order chi connectivity index (χ1) is 7.91. The van der Waals surface area contributed by atoms with Gasteiger partial charge in [0.1, 0.15) is 0 Å². The lowest BCUT2D eigenvalue weighted by molar-refractivity contribution is -0.137. The molecule has 0 heterocycles. The molecule has 0 saturated heterocycles. The van der Waals surface area contributed by atoms with Gasteiger partial charge < -0.3 is 14.5 Å². The van der Waals surface area contributed by atoms with Crippen LogP contribution in [0.15, 0.2) is 29.2 Å². The molecule has 1 rings (SSSR count). The molecule has 1 unspecified atom stereocenters. The molecule has 0 aliphatic heterocycles. The smallest absolute Gasteiger partial charge is 0.391 e. The van der Waals surface area contributed by atoms with Gasteiger partial charge in [0.2, 0.25) is 0 Å². The number of carboxylic acids is 1. The first-order valence-electron chi connectivity index (χ1n) is 4.85. The normalized spacial score (nSPS) is 14.2. The zero-order chi connectivity index (χ0) is 12.9. The summed E-state index contributed by atoms with van der Waals surface area (Å²) in [6.07, 6.45) is -0.293. The van der Waals surface area contributed by atoms with Crippen LogP contribution in [0, 0.1) is 6.92 Å². The number of hydrogen-bond acceptors (Lipinski definition) is 4. The molecule has 2 N–H and O–H groups in total. The average molecular weight is 276 g/mol. The summed E-state index contributed by atoms with van der Waals surface area (Å²) in [7, 11) is 0. The van der Waals surface area contributed by atoms with Gasteiger partial charge in [-0.25, -0.2) is 4.57 Å². The summed E-state index contributed by atoms with van der Waals surface area (Å²) in [6, 6.07) is 7.11. The van der Waals surface area contributed by atoms with Crippen LogP contribution in [0.25, 0.3) is 0 Å². The number of aryl methyl sites for hydroxylation is 1. The van der Waals surface area contributed by atoms with Gasteiger partial charge in [0.25, 0.3) is 0 Å². The van der Waals surface area contributed by atoms with Gasteiger partial charge in [0, 0.05) is 4.90 Å². The van der Waals surface area contributed by atoms with E-state index in [4.69, 9.17) is 9.63 Å². The summed E-state index contributed by atoms with van der Waals surface area (Å²) < 4.78 is 16.3. The number of aliphatic carboxylic acids is 1. The maximum Gasteiger partial charge on any atom is 0.391 e. The largest absolute Gasteiger partial charge is 0.481 e.